The molecular weight excluding hydrogens is 230 g/mol. The van der Waals surface area contributed by atoms with Crippen LogP contribution in [0.15, 0.2) is 53.4 Å². The second-order valence-corrected chi connectivity index (χ2v) is 4.59. The van der Waals surface area contributed by atoms with Crippen LogP contribution in [-0.2, 0) is 6.61 Å². The predicted octanol–water partition coefficient (Wildman–Crippen LogP) is 3.57. The Bertz CT molecular complexity index is 482. The molecular formula is C14H15NOS. The third kappa shape index (κ3) is 3.43. The van der Waals surface area contributed by atoms with E-state index in [4.69, 9.17) is 10.5 Å². The monoisotopic (exact) mass is 245 g/mol. The summed E-state index contributed by atoms with van der Waals surface area (Å²) in [6.45, 7) is 0.568. The van der Waals surface area contributed by atoms with Crippen LogP contribution in [0.1, 0.15) is 5.56 Å². The van der Waals surface area contributed by atoms with Gasteiger partial charge in [-0.1, -0.05) is 18.2 Å². The minimum Gasteiger partial charge on any atom is -0.489 e. The Morgan fingerprint density at radius 1 is 1.12 bits per heavy atom. The number of thioether (sulfide) groups is 1. The molecule has 17 heavy (non-hydrogen) atoms. The van der Waals surface area contributed by atoms with E-state index in [-0.39, 0.29) is 0 Å². The lowest BCUT2D eigenvalue weighted by molar-refractivity contribution is 0.306. The number of ether oxygens (including phenoxy) is 1. The minimum atomic E-state index is 0.568. The van der Waals surface area contributed by atoms with Crippen LogP contribution in [0.3, 0.4) is 0 Å². The predicted molar refractivity (Wildman–Crippen MR) is 73.4 cm³/mol. The number of hydrogen-bond donors (Lipinski definition) is 1. The highest BCUT2D eigenvalue weighted by atomic mass is 32.2. The molecule has 0 atom stereocenters. The first-order valence-corrected chi connectivity index (χ1v) is 6.61. The largest absolute Gasteiger partial charge is 0.489 e. The Hall–Kier alpha value is -1.61. The summed E-state index contributed by atoms with van der Waals surface area (Å²) in [7, 11) is 0. The fourth-order valence-electron chi connectivity index (χ4n) is 1.49. The van der Waals surface area contributed by atoms with Gasteiger partial charge in [-0.05, 0) is 36.1 Å². The van der Waals surface area contributed by atoms with Crippen molar-refractivity contribution < 1.29 is 4.74 Å². The molecule has 3 heteroatoms. The summed E-state index contributed by atoms with van der Waals surface area (Å²) >= 11 is 1.74. The summed E-state index contributed by atoms with van der Waals surface area (Å²) in [4.78, 5) is 1.26. The van der Waals surface area contributed by atoms with Gasteiger partial charge in [0.05, 0.1) is 0 Å². The highest BCUT2D eigenvalue weighted by molar-refractivity contribution is 7.98. The first-order chi connectivity index (χ1) is 8.28. The van der Waals surface area contributed by atoms with Gasteiger partial charge in [-0.2, -0.15) is 0 Å². The van der Waals surface area contributed by atoms with E-state index >= 15 is 0 Å². The van der Waals surface area contributed by atoms with Gasteiger partial charge < -0.3 is 10.5 Å². The Morgan fingerprint density at radius 2 is 1.88 bits per heavy atom. The number of nitrogens with two attached hydrogens (primary N) is 1. The van der Waals surface area contributed by atoms with Crippen LogP contribution in [0.5, 0.6) is 5.75 Å². The second-order valence-electron chi connectivity index (χ2n) is 3.71. The molecule has 0 bridgehead atoms. The van der Waals surface area contributed by atoms with Crippen molar-refractivity contribution >= 4 is 17.4 Å². The van der Waals surface area contributed by atoms with Crippen molar-refractivity contribution in [2.45, 2.75) is 11.5 Å². The van der Waals surface area contributed by atoms with Crippen LogP contribution in [-0.4, -0.2) is 6.26 Å². The molecule has 0 fully saturated rings. The van der Waals surface area contributed by atoms with Gasteiger partial charge in [0.2, 0.25) is 0 Å². The Morgan fingerprint density at radius 3 is 2.53 bits per heavy atom. The average Bonchev–Trinajstić information content (AvgIpc) is 2.37. The number of rotatable bonds is 4. The molecule has 2 aromatic carbocycles. The summed E-state index contributed by atoms with van der Waals surface area (Å²) in [5.74, 6) is 0.805. The molecule has 0 aliphatic carbocycles. The SMILES string of the molecule is CSc1ccc(COc2cccc(N)c2)cc1. The van der Waals surface area contributed by atoms with Crippen molar-refractivity contribution in [3.05, 3.63) is 54.1 Å². The van der Waals surface area contributed by atoms with E-state index in [1.54, 1.807) is 11.8 Å². The fourth-order valence-corrected chi connectivity index (χ4v) is 1.90. The average molecular weight is 245 g/mol. The highest BCUT2D eigenvalue weighted by Gasteiger charge is 1.97. The molecule has 0 aliphatic heterocycles. The summed E-state index contributed by atoms with van der Waals surface area (Å²) < 4.78 is 5.66. The molecule has 2 N–H and O–H groups in total. The molecule has 2 nitrogen and oxygen atoms in total. The molecule has 2 aromatic rings. The number of benzene rings is 2. The Kier molecular flexibility index (Phi) is 3.94. The maximum absolute atomic E-state index is 5.68. The fraction of sp³-hybridized carbons (Fsp3) is 0.143. The molecule has 0 amide bonds. The lowest BCUT2D eigenvalue weighted by atomic mass is 10.2. The third-order valence-corrected chi connectivity index (χ3v) is 3.17. The van der Waals surface area contributed by atoms with Crippen LogP contribution < -0.4 is 10.5 Å². The standard InChI is InChI=1S/C14H15NOS/c1-17-14-7-5-11(6-8-14)10-16-13-4-2-3-12(15)9-13/h2-9H,10,15H2,1H3. The third-order valence-electron chi connectivity index (χ3n) is 2.42. The summed E-state index contributed by atoms with van der Waals surface area (Å²) in [6, 6.07) is 15.8. The van der Waals surface area contributed by atoms with Crippen LogP contribution in [0.4, 0.5) is 5.69 Å². The minimum absolute atomic E-state index is 0.568. The first-order valence-electron chi connectivity index (χ1n) is 5.39. The van der Waals surface area contributed by atoms with Gasteiger partial charge >= 0.3 is 0 Å². The van der Waals surface area contributed by atoms with Gasteiger partial charge in [0.25, 0.3) is 0 Å². The zero-order valence-electron chi connectivity index (χ0n) is 9.72. The van der Waals surface area contributed by atoms with Crippen molar-refractivity contribution in [2.75, 3.05) is 12.0 Å². The van der Waals surface area contributed by atoms with E-state index in [0.717, 1.165) is 17.0 Å². The molecule has 0 aromatic heterocycles. The van der Waals surface area contributed by atoms with Crippen molar-refractivity contribution in [1.29, 1.82) is 0 Å². The summed E-state index contributed by atoms with van der Waals surface area (Å²) in [5, 5.41) is 0. The van der Waals surface area contributed by atoms with Crippen molar-refractivity contribution in [2.24, 2.45) is 0 Å². The van der Waals surface area contributed by atoms with Crippen molar-refractivity contribution in [1.82, 2.24) is 0 Å². The maximum Gasteiger partial charge on any atom is 0.121 e. The van der Waals surface area contributed by atoms with E-state index in [1.165, 1.54) is 4.90 Å². The molecule has 2 rings (SSSR count). The van der Waals surface area contributed by atoms with Crippen LogP contribution in [0.25, 0.3) is 0 Å². The number of anilines is 1. The zero-order valence-corrected chi connectivity index (χ0v) is 10.5. The first kappa shape index (κ1) is 11.9. The highest BCUT2D eigenvalue weighted by Crippen LogP contribution is 2.18. The Labute approximate surface area is 106 Å². The molecule has 0 heterocycles. The van der Waals surface area contributed by atoms with Gasteiger partial charge in [-0.3, -0.25) is 0 Å². The van der Waals surface area contributed by atoms with Gasteiger partial charge in [0.15, 0.2) is 0 Å². The van der Waals surface area contributed by atoms with E-state index in [1.807, 2.05) is 24.3 Å². The molecule has 88 valence electrons. The van der Waals surface area contributed by atoms with E-state index in [9.17, 15) is 0 Å². The molecule has 0 radical (unpaired) electrons. The van der Waals surface area contributed by atoms with Gasteiger partial charge in [0, 0.05) is 16.6 Å². The van der Waals surface area contributed by atoms with Crippen LogP contribution in [0.2, 0.25) is 0 Å². The smallest absolute Gasteiger partial charge is 0.121 e. The van der Waals surface area contributed by atoms with Gasteiger partial charge in [0.1, 0.15) is 12.4 Å². The topological polar surface area (TPSA) is 35.2 Å². The van der Waals surface area contributed by atoms with Gasteiger partial charge in [-0.25, -0.2) is 0 Å². The Balaban J connectivity index is 1.97. The lowest BCUT2D eigenvalue weighted by Gasteiger charge is -2.07. The van der Waals surface area contributed by atoms with E-state index < -0.39 is 0 Å². The van der Waals surface area contributed by atoms with Crippen molar-refractivity contribution in [3.8, 4) is 5.75 Å². The second kappa shape index (κ2) is 5.64. The van der Waals surface area contributed by atoms with Gasteiger partial charge in [-0.15, -0.1) is 11.8 Å². The number of nitrogen functional groups attached to an aromatic ring is 1. The van der Waals surface area contributed by atoms with Crippen LogP contribution >= 0.6 is 11.8 Å². The maximum atomic E-state index is 5.68. The molecule has 0 saturated heterocycles. The number of hydrogen-bond acceptors (Lipinski definition) is 3. The quantitative estimate of drug-likeness (QED) is 0.660. The van der Waals surface area contributed by atoms with Crippen molar-refractivity contribution in [3.63, 3.8) is 0 Å². The normalized spacial score (nSPS) is 10.2. The molecule has 0 unspecified atom stereocenters. The summed E-state index contributed by atoms with van der Waals surface area (Å²) in [6.07, 6.45) is 2.07. The lowest BCUT2D eigenvalue weighted by Crippen LogP contribution is -1.95. The molecule has 0 saturated carbocycles. The van der Waals surface area contributed by atoms with E-state index in [2.05, 4.69) is 30.5 Å². The molecule has 0 spiro atoms. The zero-order chi connectivity index (χ0) is 12.1. The van der Waals surface area contributed by atoms with Crippen LogP contribution in [0, 0.1) is 0 Å². The molecule has 0 aliphatic rings. The summed E-state index contributed by atoms with van der Waals surface area (Å²) in [5.41, 5.74) is 7.56. The van der Waals surface area contributed by atoms with E-state index in [0.29, 0.717) is 6.61 Å².